The lowest BCUT2D eigenvalue weighted by Gasteiger charge is -2.29. The number of carboxylic acids is 1. The van der Waals surface area contributed by atoms with Crippen molar-refractivity contribution < 1.29 is 36.9 Å². The Bertz CT molecular complexity index is 878. The maximum Gasteiger partial charge on any atom is 0.335 e. The van der Waals surface area contributed by atoms with Gasteiger partial charge in [0, 0.05) is 6.54 Å². The Hall–Kier alpha value is -1.53. The van der Waals surface area contributed by atoms with Crippen LogP contribution in [0.25, 0.3) is 0 Å². The van der Waals surface area contributed by atoms with E-state index in [1.165, 1.54) is 19.1 Å². The number of aromatic carboxylic acids is 1. The van der Waals surface area contributed by atoms with Crippen molar-refractivity contribution in [3.63, 3.8) is 0 Å². The van der Waals surface area contributed by atoms with E-state index in [1.807, 2.05) is 0 Å². The molecule has 1 aliphatic rings. The van der Waals surface area contributed by atoms with E-state index >= 15 is 0 Å². The quantitative estimate of drug-likeness (QED) is 0.547. The average molecular weight is 393 g/mol. The molecule has 1 fully saturated rings. The minimum atomic E-state index is -4.33. The van der Waals surface area contributed by atoms with Crippen LogP contribution in [0.2, 0.25) is 0 Å². The van der Waals surface area contributed by atoms with E-state index in [2.05, 4.69) is 0 Å². The molecule has 1 aliphatic heterocycles. The number of benzene rings is 1. The molecule has 0 radical (unpaired) electrons. The summed E-state index contributed by atoms with van der Waals surface area (Å²) in [7, 11) is -7.94. The summed E-state index contributed by atoms with van der Waals surface area (Å²) in [5.74, 6) is -2.44. The number of carboxylic acid groups (broad SMARTS) is 1. The standard InChI is InChI=1S/C14H19NO8S2/c1-9-2-3-10(14(18)19)6-13(9)25(22,23)15(4-5-16)11-7-24(20,21)8-12(11)17/h2-3,6,11-12,16-17H,4-5,7-8H2,1H3,(H,18,19)/t11-,12-/m1/s1. The number of sulfone groups is 1. The summed E-state index contributed by atoms with van der Waals surface area (Å²) in [6, 6.07) is 2.32. The Labute approximate surface area is 145 Å². The predicted molar refractivity (Wildman–Crippen MR) is 87.6 cm³/mol. The van der Waals surface area contributed by atoms with Gasteiger partial charge in [-0.2, -0.15) is 4.31 Å². The van der Waals surface area contributed by atoms with Crippen LogP contribution in [0.3, 0.4) is 0 Å². The van der Waals surface area contributed by atoms with Gasteiger partial charge in [0.05, 0.1) is 40.7 Å². The van der Waals surface area contributed by atoms with Crippen molar-refractivity contribution in [3.8, 4) is 0 Å². The van der Waals surface area contributed by atoms with Crippen LogP contribution in [0.1, 0.15) is 15.9 Å². The van der Waals surface area contributed by atoms with E-state index in [1.54, 1.807) is 0 Å². The number of carbonyl (C=O) groups is 1. The highest BCUT2D eigenvalue weighted by atomic mass is 32.2. The van der Waals surface area contributed by atoms with Crippen LogP contribution in [0.4, 0.5) is 0 Å². The molecule has 0 aromatic heterocycles. The van der Waals surface area contributed by atoms with Crippen molar-refractivity contribution in [3.05, 3.63) is 29.3 Å². The summed E-state index contributed by atoms with van der Waals surface area (Å²) in [5, 5.41) is 28.2. The Balaban J connectivity index is 2.54. The first-order chi connectivity index (χ1) is 11.5. The third-order valence-electron chi connectivity index (χ3n) is 4.01. The minimum Gasteiger partial charge on any atom is -0.478 e. The highest BCUT2D eigenvalue weighted by Crippen LogP contribution is 2.27. The lowest BCUT2D eigenvalue weighted by atomic mass is 10.1. The first kappa shape index (κ1) is 19.8. The lowest BCUT2D eigenvalue weighted by molar-refractivity contribution is 0.0696. The van der Waals surface area contributed by atoms with Crippen LogP contribution >= 0.6 is 0 Å². The van der Waals surface area contributed by atoms with Gasteiger partial charge in [0.1, 0.15) is 0 Å². The maximum absolute atomic E-state index is 13.0. The average Bonchev–Trinajstić information content (AvgIpc) is 2.77. The minimum absolute atomic E-state index is 0.243. The van der Waals surface area contributed by atoms with Crippen molar-refractivity contribution in [1.29, 1.82) is 0 Å². The summed E-state index contributed by atoms with van der Waals surface area (Å²) < 4.78 is 50.1. The molecule has 0 bridgehead atoms. The largest absolute Gasteiger partial charge is 0.478 e. The normalized spacial score (nSPS) is 23.0. The Morgan fingerprint density at radius 1 is 1.32 bits per heavy atom. The Kier molecular flexibility index (Phi) is 5.54. The monoisotopic (exact) mass is 393 g/mol. The molecule has 9 nitrogen and oxygen atoms in total. The second kappa shape index (κ2) is 7.00. The first-order valence-corrected chi connectivity index (χ1v) is 10.6. The molecule has 1 heterocycles. The molecule has 2 rings (SSSR count). The highest BCUT2D eigenvalue weighted by molar-refractivity contribution is 7.92. The molecule has 0 unspecified atom stereocenters. The van der Waals surface area contributed by atoms with E-state index in [0.29, 0.717) is 0 Å². The second-order valence-corrected chi connectivity index (χ2v) is 9.85. The summed E-state index contributed by atoms with van der Waals surface area (Å²) in [5.41, 5.74) is 0.0241. The van der Waals surface area contributed by atoms with E-state index < -0.39 is 62.6 Å². The van der Waals surface area contributed by atoms with Crippen LogP contribution in [0.5, 0.6) is 0 Å². The van der Waals surface area contributed by atoms with Crippen molar-refractivity contribution in [2.24, 2.45) is 0 Å². The topological polar surface area (TPSA) is 149 Å². The van der Waals surface area contributed by atoms with E-state index in [-0.39, 0.29) is 16.0 Å². The third kappa shape index (κ3) is 4.01. The molecular formula is C14H19NO8S2. The molecule has 1 saturated heterocycles. The van der Waals surface area contributed by atoms with Gasteiger partial charge in [-0.15, -0.1) is 0 Å². The fourth-order valence-electron chi connectivity index (χ4n) is 2.79. The Morgan fingerprint density at radius 2 is 1.96 bits per heavy atom. The van der Waals surface area contributed by atoms with Gasteiger partial charge in [0.25, 0.3) is 0 Å². The number of sulfonamides is 1. The number of hydrogen-bond acceptors (Lipinski definition) is 7. The summed E-state index contributed by atoms with van der Waals surface area (Å²) in [4.78, 5) is 10.8. The fraction of sp³-hybridized carbons (Fsp3) is 0.500. The van der Waals surface area contributed by atoms with E-state index in [0.717, 1.165) is 10.4 Å². The van der Waals surface area contributed by atoms with Gasteiger partial charge < -0.3 is 15.3 Å². The fourth-order valence-corrected chi connectivity index (χ4v) is 6.58. The number of aryl methyl sites for hydroxylation is 1. The van der Waals surface area contributed by atoms with Gasteiger partial charge in [-0.1, -0.05) is 6.07 Å². The van der Waals surface area contributed by atoms with Crippen molar-refractivity contribution in [2.45, 2.75) is 24.0 Å². The van der Waals surface area contributed by atoms with E-state index in [4.69, 9.17) is 5.11 Å². The first-order valence-electron chi connectivity index (χ1n) is 7.35. The van der Waals surface area contributed by atoms with Gasteiger partial charge in [0.2, 0.25) is 10.0 Å². The van der Waals surface area contributed by atoms with Crippen LogP contribution in [0.15, 0.2) is 23.1 Å². The van der Waals surface area contributed by atoms with Crippen molar-refractivity contribution >= 4 is 25.8 Å². The molecule has 0 aliphatic carbocycles. The van der Waals surface area contributed by atoms with Gasteiger partial charge in [0.15, 0.2) is 9.84 Å². The van der Waals surface area contributed by atoms with Crippen LogP contribution in [-0.2, 0) is 19.9 Å². The van der Waals surface area contributed by atoms with Gasteiger partial charge in [-0.05, 0) is 24.6 Å². The second-order valence-electron chi connectivity index (χ2n) is 5.84. The van der Waals surface area contributed by atoms with Crippen molar-refractivity contribution in [1.82, 2.24) is 4.31 Å². The zero-order valence-electron chi connectivity index (χ0n) is 13.4. The third-order valence-corrected chi connectivity index (χ3v) is 7.77. The molecular weight excluding hydrogens is 374 g/mol. The molecule has 140 valence electrons. The zero-order valence-corrected chi connectivity index (χ0v) is 15.0. The van der Waals surface area contributed by atoms with Gasteiger partial charge in [-0.3, -0.25) is 0 Å². The van der Waals surface area contributed by atoms with Crippen molar-refractivity contribution in [2.75, 3.05) is 24.7 Å². The smallest absolute Gasteiger partial charge is 0.335 e. The Morgan fingerprint density at radius 3 is 2.44 bits per heavy atom. The number of aliphatic hydroxyl groups excluding tert-OH is 2. The zero-order chi connectivity index (χ0) is 19.0. The molecule has 0 saturated carbocycles. The van der Waals surface area contributed by atoms with Crippen LogP contribution in [-0.4, -0.2) is 79.2 Å². The van der Waals surface area contributed by atoms with E-state index in [9.17, 15) is 31.8 Å². The highest BCUT2D eigenvalue weighted by Gasteiger charge is 2.44. The van der Waals surface area contributed by atoms with Crippen LogP contribution in [0, 0.1) is 6.92 Å². The summed E-state index contributed by atoms with van der Waals surface area (Å²) in [6.45, 7) is 0.466. The molecule has 1 aromatic carbocycles. The maximum atomic E-state index is 13.0. The number of aliphatic hydroxyl groups is 2. The number of rotatable bonds is 6. The molecule has 1 aromatic rings. The molecule has 2 atom stereocenters. The van der Waals surface area contributed by atoms with Crippen LogP contribution < -0.4 is 0 Å². The molecule has 0 amide bonds. The molecule has 25 heavy (non-hydrogen) atoms. The molecule has 0 spiro atoms. The number of hydrogen-bond donors (Lipinski definition) is 3. The molecule has 11 heteroatoms. The summed E-state index contributed by atoms with van der Waals surface area (Å²) >= 11 is 0. The lowest BCUT2D eigenvalue weighted by Crippen LogP contribution is -2.48. The number of nitrogens with zero attached hydrogens (tertiary/aromatic N) is 1. The SMILES string of the molecule is Cc1ccc(C(=O)O)cc1S(=O)(=O)N(CCO)[C@@H]1CS(=O)(=O)C[C@H]1O. The van der Waals surface area contributed by atoms with Gasteiger partial charge >= 0.3 is 5.97 Å². The molecule has 3 N–H and O–H groups in total. The predicted octanol–water partition coefficient (Wildman–Crippen LogP) is -1.17. The summed E-state index contributed by atoms with van der Waals surface area (Å²) in [6.07, 6.45) is -1.42. The van der Waals surface area contributed by atoms with Gasteiger partial charge in [-0.25, -0.2) is 21.6 Å².